The Bertz CT molecular complexity index is 1280. The van der Waals surface area contributed by atoms with Crippen molar-refractivity contribution in [2.75, 3.05) is 11.9 Å². The highest BCUT2D eigenvalue weighted by Crippen LogP contribution is 2.60. The number of Topliss-reactive ketones (excluding diaryl/α,β-unsaturated/α-hetero) is 1. The smallest absolute Gasteiger partial charge is 0.338 e. The molecular weight excluding hydrogens is 464 g/mol. The van der Waals surface area contributed by atoms with Crippen LogP contribution in [-0.4, -0.2) is 52.8 Å². The average molecular weight is 491 g/mol. The fourth-order valence-electron chi connectivity index (χ4n) is 6.43. The first kappa shape index (κ1) is 22.7. The number of hydrogen-bond acceptors (Lipinski definition) is 7. The molecular formula is C27H26N2O7. The zero-order chi connectivity index (χ0) is 25.2. The number of nitrogens with one attached hydrogen (secondary N) is 1. The van der Waals surface area contributed by atoms with Gasteiger partial charge in [0.15, 0.2) is 0 Å². The molecule has 1 spiro atoms. The lowest BCUT2D eigenvalue weighted by Crippen LogP contribution is -2.55. The monoisotopic (exact) mass is 490 g/mol. The Balaban J connectivity index is 1.32. The van der Waals surface area contributed by atoms with Crippen molar-refractivity contribution < 1.29 is 33.1 Å². The van der Waals surface area contributed by atoms with E-state index in [0.29, 0.717) is 17.0 Å². The molecule has 7 atom stereocenters. The van der Waals surface area contributed by atoms with Crippen LogP contribution in [0.1, 0.15) is 42.4 Å². The van der Waals surface area contributed by atoms with E-state index in [4.69, 9.17) is 13.9 Å². The number of rotatable bonds is 5. The topological polar surface area (TPSA) is 115 Å². The molecule has 2 amide bonds. The summed E-state index contributed by atoms with van der Waals surface area (Å²) >= 11 is 0. The van der Waals surface area contributed by atoms with Crippen LogP contribution in [0.4, 0.5) is 5.69 Å². The molecule has 0 radical (unpaired) electrons. The van der Waals surface area contributed by atoms with E-state index >= 15 is 0 Å². The number of fused-ring (bicyclic) bond motifs is 2. The van der Waals surface area contributed by atoms with Crippen LogP contribution in [-0.2, 0) is 23.9 Å². The highest BCUT2D eigenvalue weighted by atomic mass is 16.5. The van der Waals surface area contributed by atoms with Crippen molar-refractivity contribution in [1.29, 1.82) is 0 Å². The molecule has 4 aliphatic heterocycles. The van der Waals surface area contributed by atoms with E-state index in [0.717, 1.165) is 0 Å². The number of ether oxygens (including phenoxy) is 2. The Morgan fingerprint density at radius 2 is 2.06 bits per heavy atom. The van der Waals surface area contributed by atoms with Gasteiger partial charge in [-0.3, -0.25) is 14.4 Å². The van der Waals surface area contributed by atoms with Gasteiger partial charge in [-0.25, -0.2) is 4.79 Å². The van der Waals surface area contributed by atoms with Gasteiger partial charge in [0, 0.05) is 18.0 Å². The number of carbonyl (C=O) groups is 4. The molecule has 2 aromatic rings. The van der Waals surface area contributed by atoms with Gasteiger partial charge in [0.1, 0.15) is 17.1 Å². The van der Waals surface area contributed by atoms with E-state index in [1.54, 1.807) is 48.2 Å². The number of piperidine rings is 1. The Morgan fingerprint density at radius 1 is 1.22 bits per heavy atom. The molecule has 9 heteroatoms. The van der Waals surface area contributed by atoms with Gasteiger partial charge in [0.05, 0.1) is 48.5 Å². The van der Waals surface area contributed by atoms with E-state index in [-0.39, 0.29) is 30.6 Å². The molecule has 1 aromatic heterocycles. The highest BCUT2D eigenvalue weighted by molar-refractivity contribution is 6.01. The molecule has 3 fully saturated rings. The summed E-state index contributed by atoms with van der Waals surface area (Å²) in [4.78, 5) is 54.4. The molecule has 4 aliphatic rings. The van der Waals surface area contributed by atoms with Crippen molar-refractivity contribution in [2.24, 2.45) is 17.8 Å². The fourth-order valence-corrected chi connectivity index (χ4v) is 6.43. The number of ketones is 1. The number of nitrogens with zero attached hydrogens (tertiary/aromatic N) is 1. The van der Waals surface area contributed by atoms with Gasteiger partial charge in [-0.05, 0) is 37.3 Å². The number of benzene rings is 1. The lowest BCUT2D eigenvalue weighted by molar-refractivity contribution is -0.147. The van der Waals surface area contributed by atoms with Crippen molar-refractivity contribution in [2.45, 2.75) is 44.1 Å². The maximum atomic E-state index is 14.0. The summed E-state index contributed by atoms with van der Waals surface area (Å²) in [5.41, 5.74) is -0.318. The standard InChI is InChI=1S/C27H26N2O7/c1-3-34-26(33)15-6-4-7-16(12-15)28-24(31)21-20-9-10-27(36-20)22(21)25(32)29-17(19-8-5-11-35-19)13-18(30)14(2)23(27)29/h4-12,14,17,20-23H,3,13H2,1-2H3,(H,28,31)/t14-,17-,20-,21-,22-,23-,27+/m1/s1. The van der Waals surface area contributed by atoms with Crippen molar-refractivity contribution in [3.05, 3.63) is 66.1 Å². The molecule has 1 N–H and O–H groups in total. The molecule has 186 valence electrons. The van der Waals surface area contributed by atoms with Gasteiger partial charge >= 0.3 is 5.97 Å². The Kier molecular flexibility index (Phi) is 5.15. The number of furan rings is 1. The molecule has 6 rings (SSSR count). The summed E-state index contributed by atoms with van der Waals surface area (Å²) in [7, 11) is 0. The third-order valence-corrected chi connectivity index (χ3v) is 7.90. The van der Waals surface area contributed by atoms with Crippen LogP contribution in [0.15, 0.2) is 59.2 Å². The minimum absolute atomic E-state index is 0.0320. The van der Waals surface area contributed by atoms with Crippen molar-refractivity contribution in [3.63, 3.8) is 0 Å². The third kappa shape index (κ3) is 3.12. The largest absolute Gasteiger partial charge is 0.467 e. The molecule has 36 heavy (non-hydrogen) atoms. The number of esters is 1. The summed E-state index contributed by atoms with van der Waals surface area (Å²) < 4.78 is 17.0. The predicted octanol–water partition coefficient (Wildman–Crippen LogP) is 2.90. The maximum absolute atomic E-state index is 14.0. The van der Waals surface area contributed by atoms with Crippen LogP contribution in [0.5, 0.6) is 0 Å². The molecule has 0 unspecified atom stereocenters. The van der Waals surface area contributed by atoms with Gasteiger partial charge < -0.3 is 24.1 Å². The Hall–Kier alpha value is -3.72. The summed E-state index contributed by atoms with van der Waals surface area (Å²) in [6.07, 6.45) is 4.78. The van der Waals surface area contributed by atoms with Crippen molar-refractivity contribution >= 4 is 29.3 Å². The van der Waals surface area contributed by atoms with E-state index in [2.05, 4.69) is 5.32 Å². The minimum Gasteiger partial charge on any atom is -0.467 e. The normalized spacial score (nSPS) is 34.0. The lowest BCUT2D eigenvalue weighted by atomic mass is 9.70. The zero-order valence-corrected chi connectivity index (χ0v) is 19.9. The maximum Gasteiger partial charge on any atom is 0.338 e. The van der Waals surface area contributed by atoms with E-state index < -0.39 is 47.5 Å². The Morgan fingerprint density at radius 3 is 2.81 bits per heavy atom. The lowest BCUT2D eigenvalue weighted by Gasteiger charge is -2.43. The molecule has 3 saturated heterocycles. The zero-order valence-electron chi connectivity index (χ0n) is 19.9. The number of carbonyl (C=O) groups excluding carboxylic acids is 4. The van der Waals surface area contributed by atoms with Gasteiger partial charge in [0.25, 0.3) is 0 Å². The average Bonchev–Trinajstić information content (AvgIpc) is 3.64. The molecule has 5 heterocycles. The summed E-state index contributed by atoms with van der Waals surface area (Å²) in [5, 5.41) is 2.86. The van der Waals surface area contributed by atoms with Gasteiger partial charge in [-0.1, -0.05) is 25.1 Å². The Labute approximate surface area is 207 Å². The van der Waals surface area contributed by atoms with E-state index in [1.807, 2.05) is 19.1 Å². The second-order valence-corrected chi connectivity index (χ2v) is 9.77. The summed E-state index contributed by atoms with van der Waals surface area (Å²) in [6.45, 7) is 3.78. The third-order valence-electron chi connectivity index (χ3n) is 7.90. The minimum atomic E-state index is -1.06. The van der Waals surface area contributed by atoms with Crippen LogP contribution in [0.2, 0.25) is 0 Å². The fraction of sp³-hybridized carbons (Fsp3) is 0.407. The quantitative estimate of drug-likeness (QED) is 0.506. The summed E-state index contributed by atoms with van der Waals surface area (Å²) in [5.74, 6) is -2.49. The van der Waals surface area contributed by atoms with E-state index in [1.165, 1.54) is 6.26 Å². The number of hydrogen-bond donors (Lipinski definition) is 1. The van der Waals surface area contributed by atoms with Crippen LogP contribution >= 0.6 is 0 Å². The van der Waals surface area contributed by atoms with Crippen LogP contribution in [0, 0.1) is 17.8 Å². The SMILES string of the molecule is CCOC(=O)c1cccc(NC(=O)[C@@H]2[C@H]3C=C[C@]4(O3)[C@H]2C(=O)N2[C@@H](c3ccco3)CC(=O)[C@@H](C)[C@@H]24)c1. The van der Waals surface area contributed by atoms with Gasteiger partial charge in [-0.2, -0.15) is 0 Å². The number of amides is 2. The first-order valence-corrected chi connectivity index (χ1v) is 12.2. The summed E-state index contributed by atoms with van der Waals surface area (Å²) in [6, 6.07) is 8.91. The molecule has 0 saturated carbocycles. The second-order valence-electron chi connectivity index (χ2n) is 9.77. The van der Waals surface area contributed by atoms with Gasteiger partial charge in [-0.15, -0.1) is 0 Å². The van der Waals surface area contributed by atoms with Crippen molar-refractivity contribution in [1.82, 2.24) is 4.90 Å². The first-order chi connectivity index (χ1) is 17.4. The van der Waals surface area contributed by atoms with Gasteiger partial charge in [0.2, 0.25) is 11.8 Å². The van der Waals surface area contributed by atoms with E-state index in [9.17, 15) is 19.2 Å². The highest BCUT2D eigenvalue weighted by Gasteiger charge is 2.74. The molecule has 9 nitrogen and oxygen atoms in total. The van der Waals surface area contributed by atoms with Crippen LogP contribution in [0.25, 0.3) is 0 Å². The van der Waals surface area contributed by atoms with Crippen molar-refractivity contribution in [3.8, 4) is 0 Å². The van der Waals surface area contributed by atoms with Crippen LogP contribution in [0.3, 0.4) is 0 Å². The van der Waals surface area contributed by atoms with Crippen LogP contribution < -0.4 is 5.32 Å². The number of anilines is 1. The molecule has 0 aliphatic carbocycles. The molecule has 2 bridgehead atoms. The second kappa shape index (κ2) is 8.16. The first-order valence-electron chi connectivity index (χ1n) is 12.2. The predicted molar refractivity (Wildman–Crippen MR) is 126 cm³/mol. The molecule has 1 aromatic carbocycles.